The second kappa shape index (κ2) is 7.01. The summed E-state index contributed by atoms with van der Waals surface area (Å²) in [6, 6.07) is 6.28. The fraction of sp³-hybridized carbons (Fsp3) is 0.154. The van der Waals surface area contributed by atoms with E-state index < -0.39 is 11.9 Å². The van der Waals surface area contributed by atoms with Gasteiger partial charge in [0.05, 0.1) is 12.2 Å². The molecule has 5 nitrogen and oxygen atoms in total. The van der Waals surface area contributed by atoms with Crippen LogP contribution in [0.25, 0.3) is 0 Å². The van der Waals surface area contributed by atoms with E-state index in [9.17, 15) is 14.4 Å². The second-order valence-electron chi connectivity index (χ2n) is 3.16. The Kier molecular flexibility index (Phi) is 5.31. The molecule has 0 saturated carbocycles. The Hall–Kier alpha value is -2.43. The van der Waals surface area contributed by atoms with Gasteiger partial charge in [0.2, 0.25) is 0 Å². The molecule has 1 aromatic carbocycles. The number of aldehydes is 1. The molecule has 0 bridgehead atoms. The molecule has 0 fully saturated rings. The molecular formula is C13H12O5. The van der Waals surface area contributed by atoms with Crippen LogP contribution < -0.4 is 4.74 Å². The summed E-state index contributed by atoms with van der Waals surface area (Å²) in [6.45, 7) is 1.89. The number of carbonyl (C=O) groups excluding carboxylic acids is 3. The van der Waals surface area contributed by atoms with Gasteiger partial charge >= 0.3 is 11.9 Å². The smallest absolute Gasteiger partial charge is 0.336 e. The molecule has 0 heterocycles. The van der Waals surface area contributed by atoms with Crippen LogP contribution in [-0.4, -0.2) is 24.8 Å². The van der Waals surface area contributed by atoms with Crippen molar-refractivity contribution in [3.63, 3.8) is 0 Å². The molecule has 0 spiro atoms. The van der Waals surface area contributed by atoms with Crippen LogP contribution in [0.4, 0.5) is 0 Å². The first-order valence-electron chi connectivity index (χ1n) is 5.28. The topological polar surface area (TPSA) is 69.7 Å². The number of benzene rings is 1. The van der Waals surface area contributed by atoms with Crippen LogP contribution in [0, 0.1) is 0 Å². The third kappa shape index (κ3) is 4.21. The molecule has 5 heteroatoms. The average Bonchev–Trinajstić information content (AvgIpc) is 2.37. The lowest BCUT2D eigenvalue weighted by Gasteiger charge is -2.03. The highest BCUT2D eigenvalue weighted by Crippen LogP contribution is 2.15. The SMILES string of the molecule is CCOC(=O)/C=C/C(=O)Oc1ccccc1C=O. The largest absolute Gasteiger partial charge is 0.463 e. The summed E-state index contributed by atoms with van der Waals surface area (Å²) in [7, 11) is 0. The van der Waals surface area contributed by atoms with E-state index >= 15 is 0 Å². The van der Waals surface area contributed by atoms with E-state index in [2.05, 4.69) is 4.74 Å². The molecule has 0 unspecified atom stereocenters. The number of hydrogen-bond acceptors (Lipinski definition) is 5. The van der Waals surface area contributed by atoms with E-state index in [-0.39, 0.29) is 17.9 Å². The number of rotatable bonds is 5. The van der Waals surface area contributed by atoms with Gasteiger partial charge in [-0.15, -0.1) is 0 Å². The molecule has 94 valence electrons. The van der Waals surface area contributed by atoms with Crippen LogP contribution in [0.3, 0.4) is 0 Å². The summed E-state index contributed by atoms with van der Waals surface area (Å²) in [4.78, 5) is 33.0. The Bertz CT molecular complexity index is 476. The monoisotopic (exact) mass is 248 g/mol. The zero-order chi connectivity index (χ0) is 13.4. The second-order valence-corrected chi connectivity index (χ2v) is 3.16. The third-order valence-electron chi connectivity index (χ3n) is 1.90. The Morgan fingerprint density at radius 1 is 1.17 bits per heavy atom. The van der Waals surface area contributed by atoms with Gasteiger partial charge in [-0.05, 0) is 19.1 Å². The highest BCUT2D eigenvalue weighted by Gasteiger charge is 2.06. The summed E-state index contributed by atoms with van der Waals surface area (Å²) < 4.78 is 9.50. The summed E-state index contributed by atoms with van der Waals surface area (Å²) >= 11 is 0. The van der Waals surface area contributed by atoms with E-state index in [1.165, 1.54) is 12.1 Å². The maximum atomic E-state index is 11.4. The summed E-state index contributed by atoms with van der Waals surface area (Å²) in [5, 5.41) is 0. The van der Waals surface area contributed by atoms with Gasteiger partial charge in [0.1, 0.15) is 5.75 Å². The first kappa shape index (κ1) is 13.6. The molecule has 1 rings (SSSR count). The molecule has 0 aliphatic carbocycles. The highest BCUT2D eigenvalue weighted by molar-refractivity contribution is 5.93. The van der Waals surface area contributed by atoms with Gasteiger partial charge in [-0.2, -0.15) is 0 Å². The minimum Gasteiger partial charge on any atom is -0.463 e. The molecule has 18 heavy (non-hydrogen) atoms. The maximum Gasteiger partial charge on any atom is 0.336 e. The maximum absolute atomic E-state index is 11.4. The van der Waals surface area contributed by atoms with E-state index in [0.717, 1.165) is 12.2 Å². The van der Waals surface area contributed by atoms with Crippen LogP contribution in [0.1, 0.15) is 17.3 Å². The predicted molar refractivity (Wildman–Crippen MR) is 63.2 cm³/mol. The van der Waals surface area contributed by atoms with Crippen molar-refractivity contribution in [2.24, 2.45) is 0 Å². The van der Waals surface area contributed by atoms with Crippen molar-refractivity contribution in [2.45, 2.75) is 6.92 Å². The van der Waals surface area contributed by atoms with Gasteiger partial charge in [-0.1, -0.05) is 12.1 Å². The van der Waals surface area contributed by atoms with Crippen LogP contribution in [0.5, 0.6) is 5.75 Å². The molecule has 0 N–H and O–H groups in total. The molecule has 0 amide bonds. The van der Waals surface area contributed by atoms with E-state index in [1.807, 2.05) is 0 Å². The predicted octanol–water partition coefficient (Wildman–Crippen LogP) is 1.52. The zero-order valence-corrected chi connectivity index (χ0v) is 9.79. The normalized spacial score (nSPS) is 10.1. The summed E-state index contributed by atoms with van der Waals surface area (Å²) in [5.41, 5.74) is 0.260. The fourth-order valence-corrected chi connectivity index (χ4v) is 1.14. The Morgan fingerprint density at radius 3 is 2.50 bits per heavy atom. The van der Waals surface area contributed by atoms with Crippen molar-refractivity contribution >= 4 is 18.2 Å². The summed E-state index contributed by atoms with van der Waals surface area (Å²) in [6.07, 6.45) is 2.49. The van der Waals surface area contributed by atoms with Gasteiger partial charge in [0.25, 0.3) is 0 Å². The van der Waals surface area contributed by atoms with Crippen molar-refractivity contribution in [1.29, 1.82) is 0 Å². The number of para-hydroxylation sites is 1. The molecule has 0 radical (unpaired) electrons. The van der Waals surface area contributed by atoms with Crippen molar-refractivity contribution in [1.82, 2.24) is 0 Å². The Balaban J connectivity index is 2.65. The van der Waals surface area contributed by atoms with Gasteiger partial charge in [-0.25, -0.2) is 9.59 Å². The Labute approximate surface area is 104 Å². The van der Waals surface area contributed by atoms with Crippen LogP contribution in [0.2, 0.25) is 0 Å². The standard InChI is InChI=1S/C13H12O5/c1-2-17-12(15)7-8-13(16)18-11-6-4-3-5-10(11)9-14/h3-9H,2H2,1H3/b8-7+. The zero-order valence-electron chi connectivity index (χ0n) is 9.79. The van der Waals surface area contributed by atoms with Gasteiger partial charge < -0.3 is 9.47 Å². The number of hydrogen-bond donors (Lipinski definition) is 0. The van der Waals surface area contributed by atoms with E-state index in [1.54, 1.807) is 19.1 Å². The first-order chi connectivity index (χ1) is 8.67. The number of esters is 2. The molecular weight excluding hydrogens is 236 g/mol. The highest BCUT2D eigenvalue weighted by atomic mass is 16.5. The minimum absolute atomic E-state index is 0.144. The van der Waals surface area contributed by atoms with E-state index in [4.69, 9.17) is 4.74 Å². The average molecular weight is 248 g/mol. The molecule has 0 saturated heterocycles. The quantitative estimate of drug-likeness (QED) is 0.342. The molecule has 0 atom stereocenters. The van der Waals surface area contributed by atoms with Crippen molar-refractivity contribution in [3.8, 4) is 5.75 Å². The lowest BCUT2D eigenvalue weighted by Crippen LogP contribution is -2.07. The fourth-order valence-electron chi connectivity index (χ4n) is 1.14. The van der Waals surface area contributed by atoms with Crippen molar-refractivity contribution in [2.75, 3.05) is 6.61 Å². The molecule has 0 aliphatic heterocycles. The lowest BCUT2D eigenvalue weighted by molar-refractivity contribution is -0.138. The van der Waals surface area contributed by atoms with Crippen molar-refractivity contribution in [3.05, 3.63) is 42.0 Å². The molecule has 0 aliphatic rings. The summed E-state index contributed by atoms with van der Waals surface area (Å²) in [5.74, 6) is -1.23. The third-order valence-corrected chi connectivity index (χ3v) is 1.90. The van der Waals surface area contributed by atoms with Crippen LogP contribution in [0.15, 0.2) is 36.4 Å². The van der Waals surface area contributed by atoms with E-state index in [0.29, 0.717) is 6.29 Å². The number of ether oxygens (including phenoxy) is 2. The lowest BCUT2D eigenvalue weighted by atomic mass is 10.2. The van der Waals surface area contributed by atoms with Gasteiger partial charge in [0, 0.05) is 12.2 Å². The molecule has 0 aromatic heterocycles. The molecule has 1 aromatic rings. The van der Waals surface area contributed by atoms with Crippen LogP contribution in [-0.2, 0) is 14.3 Å². The van der Waals surface area contributed by atoms with Crippen LogP contribution >= 0.6 is 0 Å². The van der Waals surface area contributed by atoms with Gasteiger partial charge in [0.15, 0.2) is 6.29 Å². The first-order valence-corrected chi connectivity index (χ1v) is 5.28. The van der Waals surface area contributed by atoms with Crippen molar-refractivity contribution < 1.29 is 23.9 Å². The number of carbonyl (C=O) groups is 3. The Morgan fingerprint density at radius 2 is 1.83 bits per heavy atom. The minimum atomic E-state index is -0.752. The van der Waals surface area contributed by atoms with Gasteiger partial charge in [-0.3, -0.25) is 4.79 Å².